The van der Waals surface area contributed by atoms with E-state index in [4.69, 9.17) is 13.9 Å². The minimum absolute atomic E-state index is 0.0234. The van der Waals surface area contributed by atoms with E-state index in [1.54, 1.807) is 30.5 Å². The summed E-state index contributed by atoms with van der Waals surface area (Å²) in [5.74, 6) is 1.83. The van der Waals surface area contributed by atoms with Crippen molar-refractivity contribution in [1.29, 1.82) is 0 Å². The zero-order valence-electron chi connectivity index (χ0n) is 14.8. The van der Waals surface area contributed by atoms with E-state index in [0.717, 1.165) is 5.76 Å². The molecule has 0 bridgehead atoms. The highest BCUT2D eigenvalue weighted by atomic mass is 16.5. The van der Waals surface area contributed by atoms with Gasteiger partial charge in [0, 0.05) is 18.2 Å². The van der Waals surface area contributed by atoms with Gasteiger partial charge in [0.2, 0.25) is 11.8 Å². The van der Waals surface area contributed by atoms with Crippen LogP contribution < -0.4 is 10.1 Å². The Labute approximate surface area is 142 Å². The Hall–Kier alpha value is -2.34. The molecule has 6 nitrogen and oxygen atoms in total. The fraction of sp³-hybridized carbons (Fsp3) is 0.444. The Morgan fingerprint density at radius 3 is 2.50 bits per heavy atom. The quantitative estimate of drug-likeness (QED) is 0.873. The zero-order valence-corrected chi connectivity index (χ0v) is 14.8. The van der Waals surface area contributed by atoms with Gasteiger partial charge in [0.25, 0.3) is 0 Å². The maximum absolute atomic E-state index is 11.5. The van der Waals surface area contributed by atoms with Crippen molar-refractivity contribution in [3.8, 4) is 5.75 Å². The van der Waals surface area contributed by atoms with Gasteiger partial charge < -0.3 is 19.2 Å². The summed E-state index contributed by atoms with van der Waals surface area (Å²) >= 11 is 0. The standard InChI is InChI=1S/C18H24N2O4/c1-12(17-19-10-15(24-17)18(2,3)4)23-14-8-6-13(7-9-14)20-16(21)11-22-5/h6-10,12H,11H2,1-5H3,(H,20,21). The third-order valence-corrected chi connectivity index (χ3v) is 3.34. The number of oxazole rings is 1. The van der Waals surface area contributed by atoms with Crippen LogP contribution in [0, 0.1) is 0 Å². The van der Waals surface area contributed by atoms with Crippen molar-refractivity contribution in [3.05, 3.63) is 42.1 Å². The van der Waals surface area contributed by atoms with Crippen LogP contribution in [-0.2, 0) is 14.9 Å². The lowest BCUT2D eigenvalue weighted by Crippen LogP contribution is -2.16. The van der Waals surface area contributed by atoms with Gasteiger partial charge in [0.05, 0.1) is 6.20 Å². The van der Waals surface area contributed by atoms with Gasteiger partial charge in [-0.05, 0) is 31.2 Å². The first-order valence-electron chi connectivity index (χ1n) is 7.81. The molecule has 1 N–H and O–H groups in total. The molecule has 1 unspecified atom stereocenters. The van der Waals surface area contributed by atoms with Gasteiger partial charge in [-0.3, -0.25) is 4.79 Å². The average Bonchev–Trinajstić information content (AvgIpc) is 2.99. The molecule has 0 aliphatic rings. The van der Waals surface area contributed by atoms with Crippen molar-refractivity contribution in [1.82, 2.24) is 4.98 Å². The molecule has 130 valence electrons. The third kappa shape index (κ3) is 4.83. The molecule has 0 saturated carbocycles. The van der Waals surface area contributed by atoms with Crippen LogP contribution in [0.3, 0.4) is 0 Å². The van der Waals surface area contributed by atoms with E-state index >= 15 is 0 Å². The molecule has 0 fully saturated rings. The van der Waals surface area contributed by atoms with Gasteiger partial charge >= 0.3 is 0 Å². The normalized spacial score (nSPS) is 12.7. The molecule has 1 aromatic carbocycles. The number of carbonyl (C=O) groups excluding carboxylic acids is 1. The largest absolute Gasteiger partial charge is 0.481 e. The van der Waals surface area contributed by atoms with Crippen LogP contribution in [0.5, 0.6) is 5.75 Å². The number of carbonyl (C=O) groups is 1. The molecule has 0 radical (unpaired) electrons. The minimum Gasteiger partial charge on any atom is -0.481 e. The van der Waals surface area contributed by atoms with Crippen LogP contribution in [0.4, 0.5) is 5.69 Å². The number of hydrogen-bond donors (Lipinski definition) is 1. The van der Waals surface area contributed by atoms with E-state index in [1.807, 2.05) is 6.92 Å². The highest BCUT2D eigenvalue weighted by Gasteiger charge is 2.22. The van der Waals surface area contributed by atoms with Crippen LogP contribution in [0.2, 0.25) is 0 Å². The van der Waals surface area contributed by atoms with Gasteiger partial charge in [-0.25, -0.2) is 4.98 Å². The highest BCUT2D eigenvalue weighted by molar-refractivity contribution is 5.91. The van der Waals surface area contributed by atoms with Crippen LogP contribution in [0.25, 0.3) is 0 Å². The van der Waals surface area contributed by atoms with E-state index in [2.05, 4.69) is 31.1 Å². The van der Waals surface area contributed by atoms with Crippen LogP contribution in [-0.4, -0.2) is 24.6 Å². The summed E-state index contributed by atoms with van der Waals surface area (Å²) in [6, 6.07) is 7.11. The Morgan fingerprint density at radius 2 is 1.96 bits per heavy atom. The van der Waals surface area contributed by atoms with Crippen LogP contribution >= 0.6 is 0 Å². The second-order valence-electron chi connectivity index (χ2n) is 6.58. The predicted octanol–water partition coefficient (Wildman–Crippen LogP) is 3.70. The number of aromatic nitrogens is 1. The number of nitrogens with zero attached hydrogens (tertiary/aromatic N) is 1. The summed E-state index contributed by atoms with van der Waals surface area (Å²) < 4.78 is 16.4. The van der Waals surface area contributed by atoms with E-state index in [9.17, 15) is 4.79 Å². The van der Waals surface area contributed by atoms with Gasteiger partial charge in [0.1, 0.15) is 18.1 Å². The summed E-state index contributed by atoms with van der Waals surface area (Å²) in [5, 5.41) is 2.72. The topological polar surface area (TPSA) is 73.6 Å². The Kier molecular flexibility index (Phi) is 5.62. The number of rotatable bonds is 6. The monoisotopic (exact) mass is 332 g/mol. The molecular formula is C18H24N2O4. The van der Waals surface area contributed by atoms with Crippen molar-refractivity contribution in [2.45, 2.75) is 39.2 Å². The first-order valence-corrected chi connectivity index (χ1v) is 7.81. The highest BCUT2D eigenvalue weighted by Crippen LogP contribution is 2.27. The second-order valence-corrected chi connectivity index (χ2v) is 6.58. The lowest BCUT2D eigenvalue weighted by atomic mass is 9.94. The van der Waals surface area contributed by atoms with Crippen molar-refractivity contribution in [3.63, 3.8) is 0 Å². The predicted molar refractivity (Wildman–Crippen MR) is 91.2 cm³/mol. The third-order valence-electron chi connectivity index (χ3n) is 3.34. The molecular weight excluding hydrogens is 308 g/mol. The van der Waals surface area contributed by atoms with Gasteiger partial charge in [0.15, 0.2) is 6.10 Å². The molecule has 1 atom stereocenters. The number of anilines is 1. The number of hydrogen-bond acceptors (Lipinski definition) is 5. The first-order chi connectivity index (χ1) is 11.3. The number of benzene rings is 1. The number of amides is 1. The molecule has 0 saturated heterocycles. The van der Waals surface area contributed by atoms with Crippen molar-refractivity contribution in [2.24, 2.45) is 0 Å². The Bertz CT molecular complexity index is 671. The lowest BCUT2D eigenvalue weighted by molar-refractivity contribution is -0.119. The molecule has 6 heteroatoms. The SMILES string of the molecule is COCC(=O)Nc1ccc(OC(C)c2ncc(C(C)(C)C)o2)cc1. The van der Waals surface area contributed by atoms with Crippen molar-refractivity contribution >= 4 is 11.6 Å². The fourth-order valence-electron chi connectivity index (χ4n) is 2.02. The zero-order chi connectivity index (χ0) is 17.7. The van der Waals surface area contributed by atoms with Crippen LogP contribution in [0.15, 0.2) is 34.9 Å². The van der Waals surface area contributed by atoms with Crippen molar-refractivity contribution < 1.29 is 18.7 Å². The van der Waals surface area contributed by atoms with E-state index in [0.29, 0.717) is 17.3 Å². The Morgan fingerprint density at radius 1 is 1.29 bits per heavy atom. The number of methoxy groups -OCH3 is 1. The Balaban J connectivity index is 1.98. The van der Waals surface area contributed by atoms with E-state index in [1.165, 1.54) is 7.11 Å². The number of nitrogens with one attached hydrogen (secondary N) is 1. The molecule has 0 spiro atoms. The molecule has 1 aromatic heterocycles. The second kappa shape index (κ2) is 7.49. The molecule has 2 rings (SSSR count). The summed E-state index contributed by atoms with van der Waals surface area (Å²) in [5.41, 5.74) is 0.593. The van der Waals surface area contributed by atoms with Gasteiger partial charge in [-0.15, -0.1) is 0 Å². The van der Waals surface area contributed by atoms with Crippen LogP contribution in [0.1, 0.15) is 45.4 Å². The molecule has 2 aromatic rings. The molecule has 0 aliphatic carbocycles. The minimum atomic E-state index is -0.310. The number of ether oxygens (including phenoxy) is 2. The van der Waals surface area contributed by atoms with Gasteiger partial charge in [-0.2, -0.15) is 0 Å². The summed E-state index contributed by atoms with van der Waals surface area (Å²) in [6.45, 7) is 8.11. The maximum atomic E-state index is 11.5. The van der Waals surface area contributed by atoms with E-state index in [-0.39, 0.29) is 24.0 Å². The summed E-state index contributed by atoms with van der Waals surface area (Å²) in [7, 11) is 1.48. The summed E-state index contributed by atoms with van der Waals surface area (Å²) in [4.78, 5) is 15.7. The van der Waals surface area contributed by atoms with E-state index < -0.39 is 0 Å². The summed E-state index contributed by atoms with van der Waals surface area (Å²) in [6.07, 6.45) is 1.43. The molecule has 0 aliphatic heterocycles. The fourth-order valence-corrected chi connectivity index (χ4v) is 2.02. The molecule has 24 heavy (non-hydrogen) atoms. The first kappa shape index (κ1) is 18.0. The van der Waals surface area contributed by atoms with Gasteiger partial charge in [-0.1, -0.05) is 20.8 Å². The lowest BCUT2D eigenvalue weighted by Gasteiger charge is -2.15. The average molecular weight is 332 g/mol. The maximum Gasteiger partial charge on any atom is 0.250 e. The van der Waals surface area contributed by atoms with Crippen molar-refractivity contribution in [2.75, 3.05) is 19.0 Å². The molecule has 1 amide bonds. The smallest absolute Gasteiger partial charge is 0.250 e. The molecule has 1 heterocycles.